The molecule has 0 fully saturated rings. The highest BCUT2D eigenvalue weighted by Gasteiger charge is 2.18. The predicted octanol–water partition coefficient (Wildman–Crippen LogP) is 3.11. The first kappa shape index (κ1) is 22.4. The number of ether oxygens (including phenoxy) is 1. The molecule has 0 aliphatic carbocycles. The first-order valence-corrected chi connectivity index (χ1v) is 9.13. The van der Waals surface area contributed by atoms with Crippen molar-refractivity contribution in [3.63, 3.8) is 0 Å². The van der Waals surface area contributed by atoms with Gasteiger partial charge in [0.15, 0.2) is 0 Å². The van der Waals surface area contributed by atoms with Gasteiger partial charge in [-0.05, 0) is 43.2 Å². The van der Waals surface area contributed by atoms with E-state index in [1.54, 1.807) is 6.07 Å². The van der Waals surface area contributed by atoms with E-state index in [0.717, 1.165) is 23.3 Å². The number of benzene rings is 2. The van der Waals surface area contributed by atoms with Crippen LogP contribution in [0.3, 0.4) is 0 Å². The fraction of sp³-hybridized carbons (Fsp3) is 0.333. The number of aryl methyl sites for hydroxylation is 1. The van der Waals surface area contributed by atoms with Crippen molar-refractivity contribution >= 4 is 23.2 Å². The van der Waals surface area contributed by atoms with Crippen LogP contribution in [0.15, 0.2) is 36.4 Å². The van der Waals surface area contributed by atoms with Gasteiger partial charge in [-0.3, -0.25) is 14.5 Å². The van der Waals surface area contributed by atoms with Crippen LogP contribution in [0.4, 0.5) is 20.2 Å². The summed E-state index contributed by atoms with van der Waals surface area (Å²) in [6, 6.07) is 8.91. The van der Waals surface area contributed by atoms with Gasteiger partial charge in [-0.1, -0.05) is 18.2 Å². The van der Waals surface area contributed by atoms with Crippen LogP contribution >= 0.6 is 0 Å². The molecule has 0 unspecified atom stereocenters. The molecule has 29 heavy (non-hydrogen) atoms. The highest BCUT2D eigenvalue weighted by Crippen LogP contribution is 2.19. The number of hydrogen-bond acceptors (Lipinski definition) is 4. The van der Waals surface area contributed by atoms with Crippen molar-refractivity contribution in [3.05, 3.63) is 59.2 Å². The minimum atomic E-state index is -0.866. The van der Waals surface area contributed by atoms with Crippen LogP contribution in [-0.4, -0.2) is 50.1 Å². The first-order valence-electron chi connectivity index (χ1n) is 9.13. The molecule has 8 heteroatoms. The quantitative estimate of drug-likeness (QED) is 0.673. The van der Waals surface area contributed by atoms with Gasteiger partial charge < -0.3 is 15.4 Å². The fourth-order valence-electron chi connectivity index (χ4n) is 2.71. The molecule has 6 nitrogen and oxygen atoms in total. The van der Waals surface area contributed by atoms with E-state index >= 15 is 0 Å². The maximum atomic E-state index is 13.7. The highest BCUT2D eigenvalue weighted by molar-refractivity contribution is 5.95. The van der Waals surface area contributed by atoms with Crippen LogP contribution in [0.5, 0.6) is 0 Å². The summed E-state index contributed by atoms with van der Waals surface area (Å²) < 4.78 is 32.5. The third-order valence-electron chi connectivity index (χ3n) is 4.45. The molecule has 2 aromatic rings. The summed E-state index contributed by atoms with van der Waals surface area (Å²) in [6.07, 6.45) is 0. The number of para-hydroxylation sites is 1. The Labute approximate surface area is 168 Å². The van der Waals surface area contributed by atoms with E-state index < -0.39 is 23.2 Å². The molecule has 0 atom stereocenters. The van der Waals surface area contributed by atoms with Gasteiger partial charge in [-0.15, -0.1) is 0 Å². The molecule has 0 heterocycles. The minimum Gasteiger partial charge on any atom is -0.383 e. The minimum absolute atomic E-state index is 0.0794. The number of carbonyl (C=O) groups is 2. The third kappa shape index (κ3) is 6.62. The Morgan fingerprint density at radius 2 is 1.55 bits per heavy atom. The summed E-state index contributed by atoms with van der Waals surface area (Å²) in [5.41, 5.74) is 2.19. The number of methoxy groups -OCH3 is 1. The summed E-state index contributed by atoms with van der Waals surface area (Å²) in [6.45, 7) is 4.13. The first-order chi connectivity index (χ1) is 13.8. The molecule has 0 aromatic heterocycles. The number of anilines is 2. The molecule has 2 N–H and O–H groups in total. The van der Waals surface area contributed by atoms with Gasteiger partial charge in [0.25, 0.3) is 0 Å². The Morgan fingerprint density at radius 1 is 0.966 bits per heavy atom. The third-order valence-corrected chi connectivity index (χ3v) is 4.45. The van der Waals surface area contributed by atoms with Crippen LogP contribution in [0.2, 0.25) is 0 Å². The second-order valence-corrected chi connectivity index (χ2v) is 6.64. The molecule has 0 aliphatic rings. The van der Waals surface area contributed by atoms with E-state index in [9.17, 15) is 18.4 Å². The Morgan fingerprint density at radius 3 is 2.17 bits per heavy atom. The van der Waals surface area contributed by atoms with Crippen LogP contribution in [0.25, 0.3) is 0 Å². The van der Waals surface area contributed by atoms with E-state index in [1.165, 1.54) is 18.1 Å². The number of amides is 2. The molecule has 2 aromatic carbocycles. The van der Waals surface area contributed by atoms with E-state index in [4.69, 9.17) is 4.74 Å². The second-order valence-electron chi connectivity index (χ2n) is 6.64. The van der Waals surface area contributed by atoms with Crippen LogP contribution < -0.4 is 10.6 Å². The van der Waals surface area contributed by atoms with Gasteiger partial charge in [0.05, 0.1) is 19.7 Å². The summed E-state index contributed by atoms with van der Waals surface area (Å²) in [7, 11) is 1.50. The zero-order valence-corrected chi connectivity index (χ0v) is 16.7. The fourth-order valence-corrected chi connectivity index (χ4v) is 2.71. The Bertz CT molecular complexity index is 854. The van der Waals surface area contributed by atoms with Crippen molar-refractivity contribution in [2.75, 3.05) is 44.0 Å². The molecule has 0 bridgehead atoms. The van der Waals surface area contributed by atoms with Crippen molar-refractivity contribution in [1.82, 2.24) is 4.90 Å². The molecule has 0 aliphatic heterocycles. The molecular weight excluding hydrogens is 380 g/mol. The lowest BCUT2D eigenvalue weighted by Crippen LogP contribution is -2.40. The van der Waals surface area contributed by atoms with E-state index in [0.29, 0.717) is 12.2 Å². The lowest BCUT2D eigenvalue weighted by molar-refractivity contribution is -0.120. The van der Waals surface area contributed by atoms with Gasteiger partial charge in [-0.2, -0.15) is 0 Å². The Kier molecular flexibility index (Phi) is 8.23. The molecular formula is C21H25F2N3O3. The number of nitrogens with zero attached hydrogens (tertiary/aromatic N) is 1. The normalized spacial score (nSPS) is 10.8. The van der Waals surface area contributed by atoms with Gasteiger partial charge >= 0.3 is 0 Å². The molecule has 0 radical (unpaired) electrons. The van der Waals surface area contributed by atoms with E-state index in [-0.39, 0.29) is 25.6 Å². The monoisotopic (exact) mass is 405 g/mol. The van der Waals surface area contributed by atoms with Crippen LogP contribution in [-0.2, 0) is 14.3 Å². The van der Waals surface area contributed by atoms with Crippen molar-refractivity contribution in [3.8, 4) is 0 Å². The van der Waals surface area contributed by atoms with E-state index in [1.807, 2.05) is 26.0 Å². The lowest BCUT2D eigenvalue weighted by Gasteiger charge is -2.21. The molecule has 0 saturated carbocycles. The van der Waals surface area contributed by atoms with Crippen molar-refractivity contribution in [2.45, 2.75) is 13.8 Å². The summed E-state index contributed by atoms with van der Waals surface area (Å²) in [4.78, 5) is 26.3. The van der Waals surface area contributed by atoms with Crippen LogP contribution in [0.1, 0.15) is 11.1 Å². The largest absolute Gasteiger partial charge is 0.383 e. The van der Waals surface area contributed by atoms with E-state index in [2.05, 4.69) is 10.6 Å². The number of carbonyl (C=O) groups excluding carboxylic acids is 2. The molecule has 2 amide bonds. The Hall–Kier alpha value is -2.84. The van der Waals surface area contributed by atoms with Gasteiger partial charge in [-0.25, -0.2) is 8.78 Å². The van der Waals surface area contributed by atoms with Gasteiger partial charge in [0, 0.05) is 19.3 Å². The smallest absolute Gasteiger partial charge is 0.238 e. The van der Waals surface area contributed by atoms with Gasteiger partial charge in [0.2, 0.25) is 11.8 Å². The number of nitrogens with one attached hydrogen (secondary N) is 2. The van der Waals surface area contributed by atoms with Crippen molar-refractivity contribution in [2.24, 2.45) is 0 Å². The SMILES string of the molecule is COCCN(CC(=O)Nc1cccc(C)c1C)CC(=O)Nc1c(F)cccc1F. The van der Waals surface area contributed by atoms with Crippen LogP contribution in [0, 0.1) is 25.5 Å². The lowest BCUT2D eigenvalue weighted by atomic mass is 10.1. The van der Waals surface area contributed by atoms with Gasteiger partial charge in [0.1, 0.15) is 17.3 Å². The molecule has 156 valence electrons. The zero-order valence-electron chi connectivity index (χ0n) is 16.7. The number of rotatable bonds is 9. The number of hydrogen-bond donors (Lipinski definition) is 2. The van der Waals surface area contributed by atoms with Crippen molar-refractivity contribution in [1.29, 1.82) is 0 Å². The summed E-state index contributed by atoms with van der Waals surface area (Å²) in [5.74, 6) is -2.67. The topological polar surface area (TPSA) is 70.7 Å². The predicted molar refractivity (Wildman–Crippen MR) is 108 cm³/mol. The summed E-state index contributed by atoms with van der Waals surface area (Å²) >= 11 is 0. The number of halogens is 2. The average molecular weight is 405 g/mol. The molecule has 0 saturated heterocycles. The molecule has 2 rings (SSSR count). The molecule has 0 spiro atoms. The maximum absolute atomic E-state index is 13.7. The maximum Gasteiger partial charge on any atom is 0.238 e. The summed E-state index contributed by atoms with van der Waals surface area (Å²) in [5, 5.41) is 5.05. The standard InChI is InChI=1S/C21H25F2N3O3/c1-14-6-4-9-18(15(14)2)24-19(27)12-26(10-11-29-3)13-20(28)25-21-16(22)7-5-8-17(21)23/h4-9H,10-13H2,1-3H3,(H,24,27)(H,25,28). The highest BCUT2D eigenvalue weighted by atomic mass is 19.1. The average Bonchev–Trinajstić information content (AvgIpc) is 2.66. The Balaban J connectivity index is 2.01. The zero-order chi connectivity index (χ0) is 21.4. The van der Waals surface area contributed by atoms with Crippen molar-refractivity contribution < 1.29 is 23.1 Å². The second kappa shape index (κ2) is 10.6.